The lowest BCUT2D eigenvalue weighted by molar-refractivity contribution is 0.103. The summed E-state index contributed by atoms with van der Waals surface area (Å²) in [6.07, 6.45) is 0. The molecule has 4 heteroatoms. The van der Waals surface area contributed by atoms with Crippen molar-refractivity contribution >= 4 is 24.4 Å². The van der Waals surface area contributed by atoms with E-state index in [1.54, 1.807) is 24.3 Å². The Morgan fingerprint density at radius 3 is 1.72 bits per heavy atom. The van der Waals surface area contributed by atoms with Crippen molar-refractivity contribution in [3.05, 3.63) is 97.6 Å². The van der Waals surface area contributed by atoms with Gasteiger partial charge in [-0.25, -0.2) is 0 Å². The average Bonchev–Trinajstić information content (AvgIpc) is 2.75. The summed E-state index contributed by atoms with van der Waals surface area (Å²) in [6.45, 7) is 15.6. The molecule has 0 fully saturated rings. The van der Waals surface area contributed by atoms with Crippen molar-refractivity contribution in [1.29, 1.82) is 0 Å². The SMILES string of the molecule is Cc1cc(C)c(C(=O)[P](=O)c2ccccc2C(=O)c2c(C)c(C)cc(C)c2C)c(C)c1C. The zero-order chi connectivity index (χ0) is 23.9. The van der Waals surface area contributed by atoms with Gasteiger partial charge in [-0.2, -0.15) is 0 Å². The van der Waals surface area contributed by atoms with Crippen molar-refractivity contribution < 1.29 is 14.2 Å². The van der Waals surface area contributed by atoms with Crippen LogP contribution in [0.15, 0.2) is 36.4 Å². The summed E-state index contributed by atoms with van der Waals surface area (Å²) in [5.41, 5.74) is 8.71. The first kappa shape index (κ1) is 23.8. The summed E-state index contributed by atoms with van der Waals surface area (Å²) >= 11 is 0. The monoisotopic (exact) mass is 445 g/mol. The molecule has 3 aromatic rings. The Kier molecular flexibility index (Phi) is 6.62. The van der Waals surface area contributed by atoms with Gasteiger partial charge < -0.3 is 0 Å². The molecule has 0 aliphatic heterocycles. The van der Waals surface area contributed by atoms with E-state index in [1.165, 1.54) is 0 Å². The highest BCUT2D eigenvalue weighted by molar-refractivity contribution is 7.71. The largest absolute Gasteiger partial charge is 0.289 e. The molecular formula is C28H30O3P. The van der Waals surface area contributed by atoms with Crippen molar-refractivity contribution in [2.75, 3.05) is 0 Å². The van der Waals surface area contributed by atoms with Crippen molar-refractivity contribution in [2.45, 2.75) is 55.4 Å². The Balaban J connectivity index is 2.15. The van der Waals surface area contributed by atoms with E-state index in [0.29, 0.717) is 22.0 Å². The first-order chi connectivity index (χ1) is 15.0. The molecule has 165 valence electrons. The molecule has 0 N–H and O–H groups in total. The summed E-state index contributed by atoms with van der Waals surface area (Å²) in [7, 11) is -2.46. The van der Waals surface area contributed by atoms with Crippen LogP contribution in [0.2, 0.25) is 0 Å². The Bertz CT molecular complexity index is 1270. The quantitative estimate of drug-likeness (QED) is 0.325. The van der Waals surface area contributed by atoms with Crippen molar-refractivity contribution in [3.8, 4) is 0 Å². The lowest BCUT2D eigenvalue weighted by Crippen LogP contribution is -2.18. The van der Waals surface area contributed by atoms with Gasteiger partial charge in [-0.3, -0.25) is 14.2 Å². The second kappa shape index (κ2) is 8.92. The molecule has 0 heterocycles. The number of carbonyl (C=O) groups is 2. The molecule has 0 bridgehead atoms. The second-order valence-electron chi connectivity index (χ2n) is 8.72. The lowest BCUT2D eigenvalue weighted by atomic mass is 9.89. The third-order valence-electron chi connectivity index (χ3n) is 6.72. The van der Waals surface area contributed by atoms with Crippen LogP contribution in [-0.4, -0.2) is 11.3 Å². The molecule has 0 amide bonds. The fourth-order valence-electron chi connectivity index (χ4n) is 4.36. The number of carbonyl (C=O) groups excluding carboxylic acids is 2. The van der Waals surface area contributed by atoms with Crippen LogP contribution in [0.25, 0.3) is 0 Å². The Labute approximate surface area is 191 Å². The predicted octanol–water partition coefficient (Wildman–Crippen LogP) is 6.68. The summed E-state index contributed by atoms with van der Waals surface area (Å²) in [5, 5.41) is 0.299. The molecule has 0 aliphatic carbocycles. The van der Waals surface area contributed by atoms with Crippen molar-refractivity contribution in [2.24, 2.45) is 0 Å². The van der Waals surface area contributed by atoms with Crippen LogP contribution < -0.4 is 5.30 Å². The van der Waals surface area contributed by atoms with E-state index in [-0.39, 0.29) is 5.78 Å². The molecule has 0 saturated carbocycles. The highest BCUT2D eigenvalue weighted by Gasteiger charge is 2.28. The Hall–Kier alpha value is -2.90. The molecule has 1 radical (unpaired) electrons. The summed E-state index contributed by atoms with van der Waals surface area (Å²) in [6, 6.07) is 10.8. The predicted molar refractivity (Wildman–Crippen MR) is 132 cm³/mol. The molecule has 0 aliphatic rings. The van der Waals surface area contributed by atoms with Gasteiger partial charge in [0, 0.05) is 16.7 Å². The van der Waals surface area contributed by atoms with E-state index < -0.39 is 13.3 Å². The first-order valence-electron chi connectivity index (χ1n) is 10.8. The fraction of sp³-hybridized carbons (Fsp3) is 0.286. The van der Waals surface area contributed by atoms with Gasteiger partial charge in [-0.05, 0) is 112 Å². The maximum atomic E-state index is 13.7. The van der Waals surface area contributed by atoms with E-state index >= 15 is 0 Å². The van der Waals surface area contributed by atoms with E-state index in [2.05, 4.69) is 6.07 Å². The summed E-state index contributed by atoms with van der Waals surface area (Å²) in [4.78, 5) is 27.1. The number of benzene rings is 3. The Morgan fingerprint density at radius 1 is 0.625 bits per heavy atom. The molecule has 3 rings (SSSR count). The third kappa shape index (κ3) is 3.98. The first-order valence-corrected chi connectivity index (χ1v) is 12.0. The molecular weight excluding hydrogens is 415 g/mol. The van der Waals surface area contributed by atoms with Gasteiger partial charge in [0.2, 0.25) is 5.52 Å². The number of ketones is 1. The molecule has 1 atom stereocenters. The fourth-order valence-corrected chi connectivity index (χ4v) is 5.74. The summed E-state index contributed by atoms with van der Waals surface area (Å²) in [5.74, 6) is -0.188. The molecule has 0 aromatic heterocycles. The standard InChI is InChI=1S/C28H30O3P/c1-15-14-18(4)25(22(8)19(15)5)28(30)32(31)24-12-10-9-11-23(24)27(29)26-20(6)16(2)13-17(3)21(26)7/h9-14H,1-8H3. The van der Waals surface area contributed by atoms with E-state index in [0.717, 1.165) is 44.5 Å². The number of hydrogen-bond donors (Lipinski definition) is 0. The van der Waals surface area contributed by atoms with Gasteiger partial charge in [-0.1, -0.05) is 24.3 Å². The van der Waals surface area contributed by atoms with Gasteiger partial charge >= 0.3 is 0 Å². The minimum Gasteiger partial charge on any atom is -0.289 e. The molecule has 32 heavy (non-hydrogen) atoms. The Morgan fingerprint density at radius 2 is 1.12 bits per heavy atom. The zero-order valence-electron chi connectivity index (χ0n) is 20.1. The molecule has 3 aromatic carbocycles. The van der Waals surface area contributed by atoms with E-state index in [9.17, 15) is 14.2 Å². The second-order valence-corrected chi connectivity index (χ2v) is 10.2. The maximum absolute atomic E-state index is 13.7. The van der Waals surface area contributed by atoms with Gasteiger partial charge in [0.25, 0.3) is 0 Å². The van der Waals surface area contributed by atoms with Crippen LogP contribution in [0.1, 0.15) is 70.8 Å². The smallest absolute Gasteiger partial charge is 0.247 e. The van der Waals surface area contributed by atoms with Crippen LogP contribution in [-0.2, 0) is 4.57 Å². The maximum Gasteiger partial charge on any atom is 0.247 e. The number of rotatable bonds is 5. The zero-order valence-corrected chi connectivity index (χ0v) is 21.0. The highest BCUT2D eigenvalue weighted by Crippen LogP contribution is 2.34. The van der Waals surface area contributed by atoms with Crippen LogP contribution in [0.4, 0.5) is 0 Å². The van der Waals surface area contributed by atoms with E-state index in [4.69, 9.17) is 0 Å². The van der Waals surface area contributed by atoms with Crippen LogP contribution >= 0.6 is 7.80 Å². The lowest BCUT2D eigenvalue weighted by Gasteiger charge is -2.17. The topological polar surface area (TPSA) is 51.2 Å². The minimum atomic E-state index is -2.46. The molecule has 3 nitrogen and oxygen atoms in total. The van der Waals surface area contributed by atoms with Gasteiger partial charge in [-0.15, -0.1) is 0 Å². The normalized spacial score (nSPS) is 11.4. The number of hydrogen-bond acceptors (Lipinski definition) is 3. The van der Waals surface area contributed by atoms with Gasteiger partial charge in [0.15, 0.2) is 13.6 Å². The van der Waals surface area contributed by atoms with Crippen LogP contribution in [0, 0.1) is 55.4 Å². The van der Waals surface area contributed by atoms with E-state index in [1.807, 2.05) is 61.5 Å². The van der Waals surface area contributed by atoms with Gasteiger partial charge in [0.1, 0.15) is 0 Å². The van der Waals surface area contributed by atoms with Gasteiger partial charge in [0.05, 0.1) is 5.30 Å². The number of aryl methyl sites for hydroxylation is 4. The van der Waals surface area contributed by atoms with Crippen LogP contribution in [0.3, 0.4) is 0 Å². The minimum absolute atomic E-state index is 0.188. The average molecular weight is 446 g/mol. The highest BCUT2D eigenvalue weighted by atomic mass is 31.1. The third-order valence-corrected chi connectivity index (χ3v) is 8.14. The molecule has 1 unspecified atom stereocenters. The molecule has 0 saturated heterocycles. The summed E-state index contributed by atoms with van der Waals surface area (Å²) < 4.78 is 13.6. The van der Waals surface area contributed by atoms with Crippen LogP contribution in [0.5, 0.6) is 0 Å². The van der Waals surface area contributed by atoms with Crippen molar-refractivity contribution in [3.63, 3.8) is 0 Å². The molecule has 0 spiro atoms. The van der Waals surface area contributed by atoms with Crippen molar-refractivity contribution in [1.82, 2.24) is 0 Å².